The van der Waals surface area contributed by atoms with Crippen LogP contribution in [-0.2, 0) is 0 Å². The summed E-state index contributed by atoms with van der Waals surface area (Å²) in [7, 11) is 1.53. The van der Waals surface area contributed by atoms with Crippen LogP contribution < -0.4 is 10.5 Å². The van der Waals surface area contributed by atoms with Crippen LogP contribution in [0.1, 0.15) is 31.9 Å². The molecule has 3 nitrogen and oxygen atoms in total. The lowest BCUT2D eigenvalue weighted by Crippen LogP contribution is -2.14. The van der Waals surface area contributed by atoms with Gasteiger partial charge in [0.15, 0.2) is 11.5 Å². The summed E-state index contributed by atoms with van der Waals surface area (Å²) in [5.74, 6) is 1.06. The zero-order chi connectivity index (χ0) is 12.3. The van der Waals surface area contributed by atoms with Crippen molar-refractivity contribution in [3.63, 3.8) is 0 Å². The Morgan fingerprint density at radius 3 is 2.47 bits per heavy atom. The van der Waals surface area contributed by atoms with Crippen LogP contribution in [-0.4, -0.2) is 12.2 Å². The summed E-state index contributed by atoms with van der Waals surface area (Å²) >= 11 is 3.41. The van der Waals surface area contributed by atoms with Crippen molar-refractivity contribution in [2.24, 2.45) is 11.7 Å². The minimum Gasteiger partial charge on any atom is -0.504 e. The average Bonchev–Trinajstić information content (AvgIpc) is 2.16. The molecule has 5 heteroatoms. The topological polar surface area (TPSA) is 55.5 Å². The summed E-state index contributed by atoms with van der Waals surface area (Å²) in [6, 6.07) is 3.36. The first kappa shape index (κ1) is 16.6. The van der Waals surface area contributed by atoms with Crippen LogP contribution in [0.5, 0.6) is 11.5 Å². The van der Waals surface area contributed by atoms with Gasteiger partial charge in [-0.1, -0.05) is 29.8 Å². The number of rotatable bonds is 4. The molecule has 0 aliphatic carbocycles. The Balaban J connectivity index is 0.00000256. The summed E-state index contributed by atoms with van der Waals surface area (Å²) in [5.41, 5.74) is 6.79. The second-order valence-corrected chi connectivity index (χ2v) is 5.10. The van der Waals surface area contributed by atoms with Gasteiger partial charge in [0.1, 0.15) is 0 Å². The molecular formula is C12H19BrClNO2. The van der Waals surface area contributed by atoms with Crippen molar-refractivity contribution in [3.8, 4) is 11.5 Å². The predicted molar refractivity (Wildman–Crippen MR) is 76.0 cm³/mol. The van der Waals surface area contributed by atoms with Crippen LogP contribution in [0.25, 0.3) is 0 Å². The van der Waals surface area contributed by atoms with Gasteiger partial charge in [0.25, 0.3) is 0 Å². The third kappa shape index (κ3) is 4.05. The molecule has 0 aromatic heterocycles. The highest BCUT2D eigenvalue weighted by Crippen LogP contribution is 2.39. The number of halogens is 2. The summed E-state index contributed by atoms with van der Waals surface area (Å²) in [4.78, 5) is 0. The van der Waals surface area contributed by atoms with E-state index in [0.29, 0.717) is 17.2 Å². The van der Waals surface area contributed by atoms with E-state index >= 15 is 0 Å². The maximum absolute atomic E-state index is 10.0. The number of aromatic hydroxyl groups is 1. The van der Waals surface area contributed by atoms with Crippen molar-refractivity contribution in [1.29, 1.82) is 0 Å². The smallest absolute Gasteiger partial charge is 0.163 e. The molecule has 1 aromatic rings. The van der Waals surface area contributed by atoms with Crippen LogP contribution in [0, 0.1) is 5.92 Å². The second-order valence-electron chi connectivity index (χ2n) is 4.25. The Morgan fingerprint density at radius 1 is 1.41 bits per heavy atom. The van der Waals surface area contributed by atoms with Gasteiger partial charge in [-0.3, -0.25) is 0 Å². The molecule has 1 rings (SSSR count). The Kier molecular flexibility index (Phi) is 6.90. The van der Waals surface area contributed by atoms with Crippen molar-refractivity contribution in [1.82, 2.24) is 0 Å². The lowest BCUT2D eigenvalue weighted by molar-refractivity contribution is 0.365. The molecule has 98 valence electrons. The highest BCUT2D eigenvalue weighted by molar-refractivity contribution is 9.10. The fourth-order valence-electron chi connectivity index (χ4n) is 1.71. The van der Waals surface area contributed by atoms with Gasteiger partial charge in [-0.15, -0.1) is 12.4 Å². The number of phenols is 1. The molecule has 0 radical (unpaired) electrons. The summed E-state index contributed by atoms with van der Waals surface area (Å²) in [5, 5.41) is 10.0. The molecular weight excluding hydrogens is 305 g/mol. The Labute approximate surface area is 117 Å². The molecule has 17 heavy (non-hydrogen) atoms. The van der Waals surface area contributed by atoms with Gasteiger partial charge in [0.05, 0.1) is 7.11 Å². The van der Waals surface area contributed by atoms with Crippen LogP contribution in [0.3, 0.4) is 0 Å². The lowest BCUT2D eigenvalue weighted by Gasteiger charge is -2.18. The van der Waals surface area contributed by atoms with E-state index < -0.39 is 0 Å². The highest BCUT2D eigenvalue weighted by Gasteiger charge is 2.19. The van der Waals surface area contributed by atoms with Gasteiger partial charge in [0.2, 0.25) is 0 Å². The SMILES string of the molecule is COc1ccc(Br)c([C@@H](N)CC(C)C)c1O.Cl. The summed E-state index contributed by atoms with van der Waals surface area (Å²) in [6.07, 6.45) is 0.819. The highest BCUT2D eigenvalue weighted by atomic mass is 79.9. The van der Waals surface area contributed by atoms with E-state index in [-0.39, 0.29) is 24.2 Å². The van der Waals surface area contributed by atoms with Crippen molar-refractivity contribution < 1.29 is 9.84 Å². The lowest BCUT2D eigenvalue weighted by atomic mass is 9.97. The Morgan fingerprint density at radius 2 is 2.00 bits per heavy atom. The largest absolute Gasteiger partial charge is 0.504 e. The van der Waals surface area contributed by atoms with Crippen LogP contribution in [0.4, 0.5) is 0 Å². The van der Waals surface area contributed by atoms with Crippen LogP contribution in [0.15, 0.2) is 16.6 Å². The molecule has 0 spiro atoms. The molecule has 1 atom stereocenters. The molecule has 0 bridgehead atoms. The molecule has 0 saturated carbocycles. The number of benzene rings is 1. The van der Waals surface area contributed by atoms with Crippen molar-refractivity contribution >= 4 is 28.3 Å². The number of phenolic OH excluding ortho intramolecular Hbond substituents is 1. The molecule has 0 aliphatic heterocycles. The quantitative estimate of drug-likeness (QED) is 0.889. The molecule has 0 aliphatic rings. The summed E-state index contributed by atoms with van der Waals surface area (Å²) < 4.78 is 5.89. The monoisotopic (exact) mass is 323 g/mol. The van der Waals surface area contributed by atoms with Gasteiger partial charge < -0.3 is 15.6 Å². The maximum atomic E-state index is 10.0. The number of methoxy groups -OCH3 is 1. The number of hydrogen-bond acceptors (Lipinski definition) is 3. The van der Waals surface area contributed by atoms with Gasteiger partial charge in [-0.2, -0.15) is 0 Å². The number of hydrogen-bond donors (Lipinski definition) is 2. The van der Waals surface area contributed by atoms with Gasteiger partial charge in [-0.05, 0) is 24.5 Å². The average molecular weight is 325 g/mol. The molecule has 0 fully saturated rings. The summed E-state index contributed by atoms with van der Waals surface area (Å²) in [6.45, 7) is 4.20. The van der Waals surface area contributed by atoms with Gasteiger partial charge in [-0.25, -0.2) is 0 Å². The van der Waals surface area contributed by atoms with E-state index in [1.807, 2.05) is 6.07 Å². The minimum absolute atomic E-state index is 0. The maximum Gasteiger partial charge on any atom is 0.163 e. The van der Waals surface area contributed by atoms with E-state index in [2.05, 4.69) is 29.8 Å². The number of ether oxygens (including phenoxy) is 1. The third-order valence-electron chi connectivity index (χ3n) is 2.44. The Bertz CT molecular complexity index is 372. The van der Waals surface area contributed by atoms with Crippen LogP contribution >= 0.6 is 28.3 Å². The van der Waals surface area contributed by atoms with Crippen molar-refractivity contribution in [3.05, 3.63) is 22.2 Å². The van der Waals surface area contributed by atoms with Crippen molar-refractivity contribution in [2.75, 3.05) is 7.11 Å². The standard InChI is InChI=1S/C12H18BrNO2.ClH/c1-7(2)6-9(14)11-8(13)4-5-10(16-3)12(11)15;/h4-5,7,9,15H,6,14H2,1-3H3;1H/t9-;/m0./s1. The zero-order valence-electron chi connectivity index (χ0n) is 10.2. The molecule has 0 heterocycles. The fourth-order valence-corrected chi connectivity index (χ4v) is 2.32. The molecule has 0 unspecified atom stereocenters. The first-order valence-electron chi connectivity index (χ1n) is 5.28. The molecule has 0 amide bonds. The molecule has 3 N–H and O–H groups in total. The third-order valence-corrected chi connectivity index (χ3v) is 3.13. The van der Waals surface area contributed by atoms with E-state index in [4.69, 9.17) is 10.5 Å². The Hall–Kier alpha value is -0.450. The zero-order valence-corrected chi connectivity index (χ0v) is 12.6. The number of nitrogens with two attached hydrogens (primary N) is 1. The van der Waals surface area contributed by atoms with Gasteiger partial charge >= 0.3 is 0 Å². The van der Waals surface area contributed by atoms with E-state index in [0.717, 1.165) is 10.9 Å². The van der Waals surface area contributed by atoms with Gasteiger partial charge in [0, 0.05) is 16.1 Å². The van der Waals surface area contributed by atoms with E-state index in [1.165, 1.54) is 7.11 Å². The predicted octanol–water partition coefficient (Wildman–Crippen LogP) is 3.63. The molecule has 1 aromatic carbocycles. The van der Waals surface area contributed by atoms with E-state index in [1.54, 1.807) is 6.07 Å². The van der Waals surface area contributed by atoms with Crippen molar-refractivity contribution in [2.45, 2.75) is 26.3 Å². The minimum atomic E-state index is -0.190. The second kappa shape index (κ2) is 7.09. The fraction of sp³-hybridized carbons (Fsp3) is 0.500. The van der Waals surface area contributed by atoms with E-state index in [9.17, 15) is 5.11 Å². The molecule has 0 saturated heterocycles. The normalized spacial score (nSPS) is 12.1. The first-order valence-corrected chi connectivity index (χ1v) is 6.07. The van der Waals surface area contributed by atoms with Crippen LogP contribution in [0.2, 0.25) is 0 Å². The first-order chi connectivity index (χ1) is 7.47.